The first kappa shape index (κ1) is 16.6. The fourth-order valence-corrected chi connectivity index (χ4v) is 3.28. The fourth-order valence-electron chi connectivity index (χ4n) is 2.88. The largest absolute Gasteiger partial charge is 0.467 e. The lowest BCUT2D eigenvalue weighted by molar-refractivity contribution is -0.121. The molecule has 130 valence electrons. The molecule has 0 unspecified atom stereocenters. The summed E-state index contributed by atoms with van der Waals surface area (Å²) < 4.78 is 8.16. The number of imidazole rings is 1. The van der Waals surface area contributed by atoms with Crippen LogP contribution in [0.4, 0.5) is 0 Å². The van der Waals surface area contributed by atoms with Crippen molar-refractivity contribution in [2.75, 3.05) is 0 Å². The smallest absolute Gasteiger partial charge is 0.240 e. The van der Waals surface area contributed by atoms with Gasteiger partial charge < -0.3 is 14.3 Å². The van der Waals surface area contributed by atoms with Crippen LogP contribution >= 0.6 is 15.9 Å². The second-order valence-electron chi connectivity index (χ2n) is 5.88. The van der Waals surface area contributed by atoms with Gasteiger partial charge in [-0.05, 0) is 36.4 Å². The van der Waals surface area contributed by atoms with Gasteiger partial charge in [0, 0.05) is 10.0 Å². The van der Waals surface area contributed by atoms with Crippen LogP contribution in [0, 0.1) is 0 Å². The topological polar surface area (TPSA) is 60.1 Å². The quantitative estimate of drug-likeness (QED) is 0.532. The van der Waals surface area contributed by atoms with Crippen LogP contribution in [0.3, 0.4) is 0 Å². The number of benzene rings is 2. The van der Waals surface area contributed by atoms with Gasteiger partial charge in [0.15, 0.2) is 0 Å². The molecule has 5 nitrogen and oxygen atoms in total. The van der Waals surface area contributed by atoms with Gasteiger partial charge in [0.05, 0.1) is 23.8 Å². The molecule has 0 aliphatic carbocycles. The van der Waals surface area contributed by atoms with Crippen molar-refractivity contribution in [3.05, 3.63) is 77.2 Å². The van der Waals surface area contributed by atoms with Gasteiger partial charge in [-0.25, -0.2) is 4.98 Å². The third-order valence-electron chi connectivity index (χ3n) is 4.08. The Morgan fingerprint density at radius 1 is 1.12 bits per heavy atom. The minimum Gasteiger partial charge on any atom is -0.467 e. The molecule has 2 aromatic carbocycles. The molecule has 0 aliphatic rings. The highest BCUT2D eigenvalue weighted by atomic mass is 79.9. The summed E-state index contributed by atoms with van der Waals surface area (Å²) in [5.41, 5.74) is 2.74. The van der Waals surface area contributed by atoms with Gasteiger partial charge in [-0.15, -0.1) is 0 Å². The lowest BCUT2D eigenvalue weighted by atomic mass is 10.2. The molecule has 0 saturated heterocycles. The first-order valence-electron chi connectivity index (χ1n) is 8.21. The van der Waals surface area contributed by atoms with Crippen LogP contribution in [-0.2, 0) is 17.9 Å². The third-order valence-corrected chi connectivity index (χ3v) is 4.57. The number of hydrogen-bond donors (Lipinski definition) is 1. The number of fused-ring (bicyclic) bond motifs is 1. The van der Waals surface area contributed by atoms with Crippen molar-refractivity contribution in [3.63, 3.8) is 0 Å². The van der Waals surface area contributed by atoms with E-state index in [1.165, 1.54) is 0 Å². The van der Waals surface area contributed by atoms with E-state index in [0.717, 1.165) is 32.7 Å². The molecule has 0 bridgehead atoms. The van der Waals surface area contributed by atoms with Gasteiger partial charge in [0.1, 0.15) is 18.1 Å². The summed E-state index contributed by atoms with van der Waals surface area (Å²) in [5.74, 6) is 1.39. The number of carbonyl (C=O) groups excluding carboxylic acids is 1. The number of nitrogens with zero attached hydrogens (tertiary/aromatic N) is 2. The molecule has 2 aromatic heterocycles. The lowest BCUT2D eigenvalue weighted by Gasteiger charge is -2.10. The number of furan rings is 1. The molecule has 0 saturated carbocycles. The van der Waals surface area contributed by atoms with Gasteiger partial charge in [-0.3, -0.25) is 4.79 Å². The van der Waals surface area contributed by atoms with Gasteiger partial charge >= 0.3 is 0 Å². The SMILES string of the molecule is O=C(Cn1c(-c2cccc(Br)c2)nc2ccccc21)NCc1ccco1. The highest BCUT2D eigenvalue weighted by Gasteiger charge is 2.15. The highest BCUT2D eigenvalue weighted by Crippen LogP contribution is 2.26. The Balaban J connectivity index is 1.66. The highest BCUT2D eigenvalue weighted by molar-refractivity contribution is 9.10. The van der Waals surface area contributed by atoms with E-state index in [-0.39, 0.29) is 12.5 Å². The first-order valence-corrected chi connectivity index (χ1v) is 9.00. The second kappa shape index (κ2) is 7.17. The van der Waals surface area contributed by atoms with Gasteiger partial charge in [0.25, 0.3) is 0 Å². The van der Waals surface area contributed by atoms with E-state index in [9.17, 15) is 4.79 Å². The summed E-state index contributed by atoms with van der Waals surface area (Å²) in [6.07, 6.45) is 1.59. The van der Waals surface area contributed by atoms with Crippen molar-refractivity contribution < 1.29 is 9.21 Å². The Hall–Kier alpha value is -2.86. The molecule has 0 aliphatic heterocycles. The zero-order valence-electron chi connectivity index (χ0n) is 13.9. The monoisotopic (exact) mass is 409 g/mol. The zero-order chi connectivity index (χ0) is 17.9. The zero-order valence-corrected chi connectivity index (χ0v) is 15.4. The molecular formula is C20H16BrN3O2. The van der Waals surface area contributed by atoms with Crippen molar-refractivity contribution in [1.82, 2.24) is 14.9 Å². The second-order valence-corrected chi connectivity index (χ2v) is 6.79. The molecule has 26 heavy (non-hydrogen) atoms. The van der Waals surface area contributed by atoms with Crippen molar-refractivity contribution in [3.8, 4) is 11.4 Å². The van der Waals surface area contributed by atoms with E-state index in [0.29, 0.717) is 6.54 Å². The number of rotatable bonds is 5. The van der Waals surface area contributed by atoms with E-state index < -0.39 is 0 Å². The number of para-hydroxylation sites is 2. The summed E-state index contributed by atoms with van der Waals surface area (Å²) in [5, 5.41) is 2.89. The third kappa shape index (κ3) is 3.41. The fraction of sp³-hybridized carbons (Fsp3) is 0.100. The summed E-state index contributed by atoms with van der Waals surface area (Å²) in [6.45, 7) is 0.549. The summed E-state index contributed by atoms with van der Waals surface area (Å²) in [4.78, 5) is 17.2. The van der Waals surface area contributed by atoms with E-state index in [4.69, 9.17) is 9.40 Å². The molecule has 0 fully saturated rings. The van der Waals surface area contributed by atoms with Crippen molar-refractivity contribution in [2.45, 2.75) is 13.1 Å². The Morgan fingerprint density at radius 3 is 2.81 bits per heavy atom. The van der Waals surface area contributed by atoms with E-state index in [1.54, 1.807) is 12.3 Å². The van der Waals surface area contributed by atoms with Gasteiger partial charge in [-0.2, -0.15) is 0 Å². The number of halogens is 1. The van der Waals surface area contributed by atoms with E-state index in [1.807, 2.05) is 59.2 Å². The molecule has 1 amide bonds. The number of nitrogens with one attached hydrogen (secondary N) is 1. The number of amides is 1. The molecule has 4 rings (SSSR count). The molecule has 4 aromatic rings. The van der Waals surface area contributed by atoms with E-state index >= 15 is 0 Å². The minimum atomic E-state index is -0.0965. The molecule has 0 atom stereocenters. The summed E-state index contributed by atoms with van der Waals surface area (Å²) in [7, 11) is 0. The molecule has 0 spiro atoms. The summed E-state index contributed by atoms with van der Waals surface area (Å²) in [6, 6.07) is 19.4. The molecule has 1 N–H and O–H groups in total. The maximum Gasteiger partial charge on any atom is 0.240 e. The van der Waals surface area contributed by atoms with Crippen LogP contribution in [0.15, 0.2) is 75.8 Å². The van der Waals surface area contributed by atoms with Crippen molar-refractivity contribution in [1.29, 1.82) is 0 Å². The molecule has 6 heteroatoms. The van der Waals surface area contributed by atoms with Crippen molar-refractivity contribution in [2.24, 2.45) is 0 Å². The maximum absolute atomic E-state index is 12.5. The Kier molecular flexibility index (Phi) is 4.58. The summed E-state index contributed by atoms with van der Waals surface area (Å²) >= 11 is 3.50. The van der Waals surface area contributed by atoms with Crippen molar-refractivity contribution >= 4 is 32.9 Å². The Morgan fingerprint density at radius 2 is 2.00 bits per heavy atom. The number of aromatic nitrogens is 2. The average Bonchev–Trinajstić information content (AvgIpc) is 3.28. The number of hydrogen-bond acceptors (Lipinski definition) is 3. The van der Waals surface area contributed by atoms with Crippen LogP contribution < -0.4 is 5.32 Å². The molecular weight excluding hydrogens is 394 g/mol. The predicted octanol–water partition coefficient (Wildman–Crippen LogP) is 4.38. The Labute approximate surface area is 158 Å². The van der Waals surface area contributed by atoms with Crippen LogP contribution in [-0.4, -0.2) is 15.5 Å². The van der Waals surface area contributed by atoms with Gasteiger partial charge in [-0.1, -0.05) is 40.2 Å². The van der Waals surface area contributed by atoms with Crippen LogP contribution in [0.25, 0.3) is 22.4 Å². The van der Waals surface area contributed by atoms with Gasteiger partial charge in [0.2, 0.25) is 5.91 Å². The minimum absolute atomic E-state index is 0.0965. The van der Waals surface area contributed by atoms with Crippen LogP contribution in [0.5, 0.6) is 0 Å². The Bertz CT molecular complexity index is 1050. The first-order chi connectivity index (χ1) is 12.7. The average molecular weight is 410 g/mol. The molecule has 2 heterocycles. The van der Waals surface area contributed by atoms with E-state index in [2.05, 4.69) is 21.2 Å². The maximum atomic E-state index is 12.5. The number of carbonyl (C=O) groups is 1. The standard InChI is InChI=1S/C20H16BrN3O2/c21-15-6-3-5-14(11-15)20-23-17-8-1-2-9-18(17)24(20)13-19(25)22-12-16-7-4-10-26-16/h1-11H,12-13H2,(H,22,25). The van der Waals surface area contributed by atoms with Crippen LogP contribution in [0.2, 0.25) is 0 Å². The normalized spacial score (nSPS) is 11.0. The predicted molar refractivity (Wildman–Crippen MR) is 103 cm³/mol. The van der Waals surface area contributed by atoms with Crippen LogP contribution in [0.1, 0.15) is 5.76 Å². The molecule has 0 radical (unpaired) electrons. The lowest BCUT2D eigenvalue weighted by Crippen LogP contribution is -2.27.